The SMILES string of the molecule is CC(=O)SC1CC(=O)N(c2sc3c(c2C#N)CCN(C(=O)OC(C)(C)C)C3)C1. The number of hydrogen-bond acceptors (Lipinski definition) is 7. The second kappa shape index (κ2) is 7.76. The molecule has 0 saturated carbocycles. The van der Waals surface area contributed by atoms with Crippen LogP contribution in [0.4, 0.5) is 9.80 Å². The maximum absolute atomic E-state index is 12.5. The smallest absolute Gasteiger partial charge is 0.410 e. The monoisotopic (exact) mass is 421 g/mol. The molecule has 1 aromatic heterocycles. The fourth-order valence-electron chi connectivity index (χ4n) is 3.36. The van der Waals surface area contributed by atoms with Gasteiger partial charge < -0.3 is 14.5 Å². The molecule has 1 aromatic rings. The van der Waals surface area contributed by atoms with Crippen molar-refractivity contribution in [1.82, 2.24) is 4.90 Å². The molecule has 1 saturated heterocycles. The Hall–Kier alpha value is -2.05. The Bertz CT molecular complexity index is 866. The van der Waals surface area contributed by atoms with Gasteiger partial charge in [-0.15, -0.1) is 11.3 Å². The second-order valence-electron chi connectivity index (χ2n) is 7.89. The average molecular weight is 422 g/mol. The topological polar surface area (TPSA) is 90.7 Å². The maximum atomic E-state index is 12.5. The van der Waals surface area contributed by atoms with Gasteiger partial charge in [-0.1, -0.05) is 11.8 Å². The van der Waals surface area contributed by atoms with Gasteiger partial charge in [-0.05, 0) is 32.8 Å². The Kier molecular flexibility index (Phi) is 5.73. The zero-order valence-electron chi connectivity index (χ0n) is 16.4. The number of anilines is 1. The lowest BCUT2D eigenvalue weighted by Gasteiger charge is -2.29. The molecule has 0 aromatic carbocycles. The van der Waals surface area contributed by atoms with Crippen LogP contribution in [0.25, 0.3) is 0 Å². The summed E-state index contributed by atoms with van der Waals surface area (Å²) in [4.78, 5) is 40.4. The van der Waals surface area contributed by atoms with E-state index in [1.807, 2.05) is 20.8 Å². The van der Waals surface area contributed by atoms with Crippen LogP contribution in [-0.4, -0.2) is 46.0 Å². The Morgan fingerprint density at radius 1 is 1.36 bits per heavy atom. The van der Waals surface area contributed by atoms with Gasteiger partial charge in [0.15, 0.2) is 5.12 Å². The lowest BCUT2D eigenvalue weighted by Crippen LogP contribution is -2.39. The third-order valence-corrected chi connectivity index (χ3v) is 6.69. The fraction of sp³-hybridized carbons (Fsp3) is 0.579. The summed E-state index contributed by atoms with van der Waals surface area (Å²) in [6.07, 6.45) is 0.477. The van der Waals surface area contributed by atoms with E-state index >= 15 is 0 Å². The van der Waals surface area contributed by atoms with Gasteiger partial charge in [0.2, 0.25) is 5.91 Å². The summed E-state index contributed by atoms with van der Waals surface area (Å²) in [5.74, 6) is -0.0714. The molecular formula is C19H23N3O4S2. The Morgan fingerprint density at radius 3 is 2.68 bits per heavy atom. The highest BCUT2D eigenvalue weighted by molar-refractivity contribution is 8.14. The van der Waals surface area contributed by atoms with Crippen LogP contribution in [0.3, 0.4) is 0 Å². The number of thiophene rings is 1. The van der Waals surface area contributed by atoms with Gasteiger partial charge in [0.25, 0.3) is 0 Å². The summed E-state index contributed by atoms with van der Waals surface area (Å²) < 4.78 is 5.45. The predicted octanol–water partition coefficient (Wildman–Crippen LogP) is 3.30. The lowest BCUT2D eigenvalue weighted by atomic mass is 10.0. The number of rotatable bonds is 2. The minimum atomic E-state index is -0.568. The van der Waals surface area contributed by atoms with Crippen molar-refractivity contribution in [2.75, 3.05) is 18.0 Å². The quantitative estimate of drug-likeness (QED) is 0.728. The molecule has 2 aliphatic rings. The number of carbonyl (C=O) groups excluding carboxylic acids is 3. The molecule has 1 fully saturated rings. The van der Waals surface area contributed by atoms with E-state index in [1.54, 1.807) is 9.80 Å². The van der Waals surface area contributed by atoms with Crippen LogP contribution in [-0.2, 0) is 27.3 Å². The van der Waals surface area contributed by atoms with Crippen LogP contribution < -0.4 is 4.90 Å². The third kappa shape index (κ3) is 4.33. The largest absolute Gasteiger partial charge is 0.444 e. The lowest BCUT2D eigenvalue weighted by molar-refractivity contribution is -0.117. The zero-order valence-corrected chi connectivity index (χ0v) is 18.0. The number of carbonyl (C=O) groups is 3. The molecule has 2 aliphatic heterocycles. The number of ether oxygens (including phenoxy) is 1. The minimum Gasteiger partial charge on any atom is -0.444 e. The van der Waals surface area contributed by atoms with Gasteiger partial charge in [-0.3, -0.25) is 9.59 Å². The van der Waals surface area contributed by atoms with E-state index in [0.717, 1.165) is 10.4 Å². The van der Waals surface area contributed by atoms with Gasteiger partial charge >= 0.3 is 6.09 Å². The van der Waals surface area contributed by atoms with Crippen molar-refractivity contribution >= 4 is 45.2 Å². The van der Waals surface area contributed by atoms with Gasteiger partial charge in [-0.25, -0.2) is 4.79 Å². The molecule has 1 unspecified atom stereocenters. The summed E-state index contributed by atoms with van der Waals surface area (Å²) in [6, 6.07) is 2.25. The molecule has 0 bridgehead atoms. The number of fused-ring (bicyclic) bond motifs is 1. The Labute approximate surface area is 172 Å². The molecule has 9 heteroatoms. The molecule has 3 heterocycles. The van der Waals surface area contributed by atoms with Crippen molar-refractivity contribution in [2.45, 2.75) is 57.9 Å². The van der Waals surface area contributed by atoms with Crippen LogP contribution in [0.2, 0.25) is 0 Å². The number of thioether (sulfide) groups is 1. The van der Waals surface area contributed by atoms with Gasteiger partial charge in [0.05, 0.1) is 12.1 Å². The first-order chi connectivity index (χ1) is 13.1. The van der Waals surface area contributed by atoms with Crippen molar-refractivity contribution in [3.63, 3.8) is 0 Å². The maximum Gasteiger partial charge on any atom is 0.410 e. The van der Waals surface area contributed by atoms with E-state index in [0.29, 0.717) is 43.0 Å². The summed E-state index contributed by atoms with van der Waals surface area (Å²) >= 11 is 2.56. The molecule has 7 nitrogen and oxygen atoms in total. The van der Waals surface area contributed by atoms with E-state index in [9.17, 15) is 19.6 Å². The summed E-state index contributed by atoms with van der Waals surface area (Å²) in [7, 11) is 0. The predicted molar refractivity (Wildman–Crippen MR) is 108 cm³/mol. The highest BCUT2D eigenvalue weighted by Gasteiger charge is 2.37. The van der Waals surface area contributed by atoms with E-state index in [-0.39, 0.29) is 22.4 Å². The van der Waals surface area contributed by atoms with E-state index in [1.165, 1.54) is 30.0 Å². The highest BCUT2D eigenvalue weighted by Crippen LogP contribution is 2.41. The number of nitrogens with zero attached hydrogens (tertiary/aromatic N) is 3. The van der Waals surface area contributed by atoms with Gasteiger partial charge in [-0.2, -0.15) is 5.26 Å². The summed E-state index contributed by atoms with van der Waals surface area (Å²) in [5.41, 5.74) is 0.865. The van der Waals surface area contributed by atoms with Crippen molar-refractivity contribution in [3.8, 4) is 6.07 Å². The van der Waals surface area contributed by atoms with E-state index in [4.69, 9.17) is 4.74 Å². The molecule has 0 radical (unpaired) electrons. The fourth-order valence-corrected chi connectivity index (χ4v) is 5.62. The molecule has 2 amide bonds. The van der Waals surface area contributed by atoms with E-state index in [2.05, 4.69) is 6.07 Å². The standard InChI is InChI=1S/C19H23N3O4S2/c1-11(23)27-12-7-16(24)22(9-12)17-14(8-20)13-5-6-21(10-15(13)28-17)18(25)26-19(2,3)4/h12H,5-7,9-10H2,1-4H3. The van der Waals surface area contributed by atoms with Crippen LogP contribution in [0.1, 0.15) is 50.1 Å². The van der Waals surface area contributed by atoms with Gasteiger partial charge in [0.1, 0.15) is 16.7 Å². The number of hydrogen-bond donors (Lipinski definition) is 0. The van der Waals surface area contributed by atoms with Crippen LogP contribution in [0.15, 0.2) is 0 Å². The van der Waals surface area contributed by atoms with Crippen molar-refractivity contribution in [2.24, 2.45) is 0 Å². The Morgan fingerprint density at radius 2 is 2.07 bits per heavy atom. The molecule has 0 aliphatic carbocycles. The van der Waals surface area contributed by atoms with Crippen LogP contribution >= 0.6 is 23.1 Å². The number of nitriles is 1. The first kappa shape index (κ1) is 20.7. The average Bonchev–Trinajstić information content (AvgIpc) is 3.11. The normalized spacial score (nSPS) is 19.4. The first-order valence-corrected chi connectivity index (χ1v) is 10.8. The number of amides is 2. The molecular weight excluding hydrogens is 398 g/mol. The van der Waals surface area contributed by atoms with Crippen molar-refractivity contribution < 1.29 is 19.1 Å². The molecule has 0 N–H and O–H groups in total. The molecule has 0 spiro atoms. The Balaban J connectivity index is 1.82. The first-order valence-electron chi connectivity index (χ1n) is 9.09. The van der Waals surface area contributed by atoms with Gasteiger partial charge in [0, 0.05) is 36.6 Å². The molecule has 150 valence electrons. The molecule has 1 atom stereocenters. The van der Waals surface area contributed by atoms with E-state index < -0.39 is 5.60 Å². The third-order valence-electron chi connectivity index (χ3n) is 4.47. The minimum absolute atomic E-state index is 0.0152. The molecule has 3 rings (SSSR count). The van der Waals surface area contributed by atoms with Crippen LogP contribution in [0.5, 0.6) is 0 Å². The summed E-state index contributed by atoms with van der Waals surface area (Å²) in [6.45, 7) is 8.24. The van der Waals surface area contributed by atoms with Crippen molar-refractivity contribution in [3.05, 3.63) is 16.0 Å². The second-order valence-corrected chi connectivity index (χ2v) is 10.4. The highest BCUT2D eigenvalue weighted by atomic mass is 32.2. The van der Waals surface area contributed by atoms with Crippen molar-refractivity contribution in [1.29, 1.82) is 5.26 Å². The zero-order chi connectivity index (χ0) is 20.6. The summed E-state index contributed by atoms with van der Waals surface area (Å²) in [5, 5.41) is 10.2. The molecule has 28 heavy (non-hydrogen) atoms. The van der Waals surface area contributed by atoms with Crippen LogP contribution in [0, 0.1) is 11.3 Å².